The third-order valence-electron chi connectivity index (χ3n) is 4.43. The number of hydrogen-bond donors (Lipinski definition) is 1. The van der Waals surface area contributed by atoms with Crippen LogP contribution in [0.15, 0.2) is 18.3 Å². The Balaban J connectivity index is 1.82. The molecule has 1 saturated carbocycles. The lowest BCUT2D eigenvalue weighted by Gasteiger charge is -2.39. The summed E-state index contributed by atoms with van der Waals surface area (Å²) in [4.78, 5) is 7.00. The minimum absolute atomic E-state index is 0.788. The van der Waals surface area contributed by atoms with Crippen LogP contribution < -0.4 is 10.2 Å². The number of anilines is 2. The Morgan fingerprint density at radius 1 is 1.33 bits per heavy atom. The lowest BCUT2D eigenvalue weighted by molar-refractivity contribution is 0.362. The van der Waals surface area contributed by atoms with Crippen LogP contribution in [0.1, 0.15) is 39.0 Å². The van der Waals surface area contributed by atoms with E-state index in [4.69, 9.17) is 0 Å². The van der Waals surface area contributed by atoms with Gasteiger partial charge >= 0.3 is 0 Å². The molecule has 1 aromatic rings. The van der Waals surface area contributed by atoms with Gasteiger partial charge in [0.05, 0.1) is 0 Å². The van der Waals surface area contributed by atoms with Crippen LogP contribution in [0.3, 0.4) is 0 Å². The third-order valence-corrected chi connectivity index (χ3v) is 4.43. The minimum atomic E-state index is 0.788. The van der Waals surface area contributed by atoms with Gasteiger partial charge in [0.15, 0.2) is 0 Å². The molecule has 2 aliphatic rings. The van der Waals surface area contributed by atoms with Crippen molar-refractivity contribution in [3.05, 3.63) is 18.3 Å². The molecule has 18 heavy (non-hydrogen) atoms. The van der Waals surface area contributed by atoms with Crippen LogP contribution in [0.4, 0.5) is 11.5 Å². The number of nitrogens with one attached hydrogen (secondary N) is 1. The van der Waals surface area contributed by atoms with Gasteiger partial charge in [-0.2, -0.15) is 0 Å². The van der Waals surface area contributed by atoms with Crippen molar-refractivity contribution in [3.8, 4) is 0 Å². The summed E-state index contributed by atoms with van der Waals surface area (Å²) < 4.78 is 0. The summed E-state index contributed by atoms with van der Waals surface area (Å²) in [5.41, 5.74) is 1.36. The van der Waals surface area contributed by atoms with E-state index >= 15 is 0 Å². The molecule has 3 nitrogen and oxygen atoms in total. The van der Waals surface area contributed by atoms with Gasteiger partial charge in [-0.15, -0.1) is 0 Å². The Morgan fingerprint density at radius 3 is 3.11 bits per heavy atom. The number of nitrogens with zero attached hydrogens (tertiary/aromatic N) is 2. The Bertz CT molecular complexity index is 404. The van der Waals surface area contributed by atoms with E-state index in [0.29, 0.717) is 0 Å². The molecule has 1 N–H and O–H groups in total. The number of rotatable bonds is 3. The van der Waals surface area contributed by atoms with Crippen molar-refractivity contribution in [2.24, 2.45) is 5.92 Å². The molecule has 0 bridgehead atoms. The molecule has 2 heterocycles. The van der Waals surface area contributed by atoms with Crippen molar-refractivity contribution >= 4 is 11.5 Å². The van der Waals surface area contributed by atoms with Crippen molar-refractivity contribution in [1.82, 2.24) is 4.98 Å². The second kappa shape index (κ2) is 5.17. The van der Waals surface area contributed by atoms with Gasteiger partial charge in [-0.25, -0.2) is 4.98 Å². The molecule has 0 radical (unpaired) electrons. The van der Waals surface area contributed by atoms with E-state index in [1.54, 1.807) is 0 Å². The molecule has 0 amide bonds. The highest BCUT2D eigenvalue weighted by Crippen LogP contribution is 2.39. The molecule has 2 unspecified atom stereocenters. The van der Waals surface area contributed by atoms with Crippen LogP contribution in [0.5, 0.6) is 0 Å². The maximum atomic E-state index is 4.37. The number of fused-ring (bicyclic) bond motifs is 1. The fraction of sp³-hybridized carbons (Fsp3) is 0.667. The summed E-state index contributed by atoms with van der Waals surface area (Å²) in [6.45, 7) is 4.27. The molecule has 98 valence electrons. The Labute approximate surface area is 110 Å². The first-order chi connectivity index (χ1) is 8.88. The molecule has 2 fully saturated rings. The fourth-order valence-electron chi connectivity index (χ4n) is 3.65. The maximum Gasteiger partial charge on any atom is 0.127 e. The van der Waals surface area contributed by atoms with Gasteiger partial charge < -0.3 is 10.2 Å². The zero-order chi connectivity index (χ0) is 12.4. The lowest BCUT2D eigenvalue weighted by Crippen LogP contribution is -2.42. The highest BCUT2D eigenvalue weighted by atomic mass is 15.2. The zero-order valence-electron chi connectivity index (χ0n) is 11.2. The fourth-order valence-corrected chi connectivity index (χ4v) is 3.65. The van der Waals surface area contributed by atoms with Crippen molar-refractivity contribution < 1.29 is 0 Å². The van der Waals surface area contributed by atoms with Crippen molar-refractivity contribution in [2.45, 2.75) is 45.1 Å². The van der Waals surface area contributed by atoms with E-state index in [1.807, 2.05) is 6.20 Å². The molecule has 2 atom stereocenters. The Morgan fingerprint density at radius 2 is 2.22 bits per heavy atom. The molecular formula is C15H23N3. The molecule has 1 saturated heterocycles. The van der Waals surface area contributed by atoms with Gasteiger partial charge in [-0.05, 0) is 44.6 Å². The smallest absolute Gasteiger partial charge is 0.127 e. The molecule has 1 aliphatic carbocycles. The molecule has 3 rings (SSSR count). The summed E-state index contributed by atoms with van der Waals surface area (Å²) in [5, 5.41) is 3.31. The van der Waals surface area contributed by atoms with Gasteiger partial charge in [0.25, 0.3) is 0 Å². The van der Waals surface area contributed by atoms with Gasteiger partial charge in [0.1, 0.15) is 5.82 Å². The van der Waals surface area contributed by atoms with Crippen molar-refractivity contribution in [2.75, 3.05) is 23.3 Å². The second-order valence-corrected chi connectivity index (χ2v) is 5.52. The summed E-state index contributed by atoms with van der Waals surface area (Å²) in [7, 11) is 0. The summed E-state index contributed by atoms with van der Waals surface area (Å²) in [6.07, 6.45) is 8.95. The number of hydrogen-bond acceptors (Lipinski definition) is 3. The van der Waals surface area contributed by atoms with Crippen LogP contribution >= 0.6 is 0 Å². The van der Waals surface area contributed by atoms with Crippen LogP contribution in [-0.4, -0.2) is 24.1 Å². The summed E-state index contributed by atoms with van der Waals surface area (Å²) in [5.74, 6) is 1.95. The number of pyridine rings is 1. The van der Waals surface area contributed by atoms with Gasteiger partial charge in [0.2, 0.25) is 0 Å². The predicted molar refractivity (Wildman–Crippen MR) is 76.1 cm³/mol. The predicted octanol–water partition coefficient (Wildman–Crippen LogP) is 3.28. The first kappa shape index (κ1) is 11.8. The van der Waals surface area contributed by atoms with E-state index in [1.165, 1.54) is 44.3 Å². The first-order valence-electron chi connectivity index (χ1n) is 7.35. The minimum Gasteiger partial charge on any atom is -0.370 e. The van der Waals surface area contributed by atoms with Crippen LogP contribution in [0, 0.1) is 5.92 Å². The largest absolute Gasteiger partial charge is 0.370 e. The monoisotopic (exact) mass is 245 g/mol. The summed E-state index contributed by atoms with van der Waals surface area (Å²) in [6, 6.07) is 5.17. The van der Waals surface area contributed by atoms with Gasteiger partial charge in [-0.3, -0.25) is 0 Å². The average molecular weight is 245 g/mol. The van der Waals surface area contributed by atoms with Crippen molar-refractivity contribution in [3.63, 3.8) is 0 Å². The van der Waals surface area contributed by atoms with Gasteiger partial charge in [0, 0.05) is 37.1 Å². The van der Waals surface area contributed by atoms with Crippen LogP contribution in [-0.2, 0) is 0 Å². The molecule has 1 aromatic heterocycles. The third kappa shape index (κ3) is 2.18. The van der Waals surface area contributed by atoms with Crippen LogP contribution in [0.2, 0.25) is 0 Å². The van der Waals surface area contributed by atoms with E-state index in [-0.39, 0.29) is 0 Å². The molecule has 1 aliphatic heterocycles. The van der Waals surface area contributed by atoms with E-state index < -0.39 is 0 Å². The quantitative estimate of drug-likeness (QED) is 0.885. The van der Waals surface area contributed by atoms with Gasteiger partial charge in [-0.1, -0.05) is 6.42 Å². The first-order valence-corrected chi connectivity index (χ1v) is 7.35. The average Bonchev–Trinajstić information content (AvgIpc) is 2.87. The summed E-state index contributed by atoms with van der Waals surface area (Å²) >= 11 is 0. The topological polar surface area (TPSA) is 28.2 Å². The van der Waals surface area contributed by atoms with Crippen LogP contribution in [0.25, 0.3) is 0 Å². The Kier molecular flexibility index (Phi) is 3.39. The molecule has 0 spiro atoms. The van der Waals surface area contributed by atoms with E-state index in [0.717, 1.165) is 24.3 Å². The molecule has 0 aromatic carbocycles. The standard InChI is InChI=1S/C15H23N3/c1-2-16-15-11-13(8-9-17-15)18-10-4-6-12-5-3-7-14(12)18/h8-9,11-12,14H,2-7,10H2,1H3,(H,16,17). The van der Waals surface area contributed by atoms with E-state index in [9.17, 15) is 0 Å². The normalized spacial score (nSPS) is 27.1. The Hall–Kier alpha value is -1.25. The second-order valence-electron chi connectivity index (χ2n) is 5.52. The number of aromatic nitrogens is 1. The highest BCUT2D eigenvalue weighted by Gasteiger charge is 2.34. The lowest BCUT2D eigenvalue weighted by atomic mass is 9.91. The number of piperidine rings is 1. The SMILES string of the molecule is CCNc1cc(N2CCCC3CCCC32)ccn1. The maximum absolute atomic E-state index is 4.37. The molecular weight excluding hydrogens is 222 g/mol. The van der Waals surface area contributed by atoms with Crippen molar-refractivity contribution in [1.29, 1.82) is 0 Å². The zero-order valence-corrected chi connectivity index (χ0v) is 11.2. The highest BCUT2D eigenvalue weighted by molar-refractivity contribution is 5.55. The van der Waals surface area contributed by atoms with E-state index in [2.05, 4.69) is 34.3 Å². The molecule has 3 heteroatoms.